The van der Waals surface area contributed by atoms with Crippen LogP contribution in [0.3, 0.4) is 0 Å². The van der Waals surface area contributed by atoms with Gasteiger partial charge in [-0.15, -0.1) is 0 Å². The first kappa shape index (κ1) is 28.8. The molecule has 15 nitrogen and oxygen atoms in total. The molecule has 0 fully saturated rings. The molecule has 3 heterocycles. The summed E-state index contributed by atoms with van der Waals surface area (Å²) in [6.07, 6.45) is 0. The predicted molar refractivity (Wildman–Crippen MR) is 161 cm³/mol. The van der Waals surface area contributed by atoms with Crippen LogP contribution in [0.2, 0.25) is 0 Å². The zero-order chi connectivity index (χ0) is 31.9. The van der Waals surface area contributed by atoms with Crippen LogP contribution in [0.4, 0.5) is 0 Å². The highest BCUT2D eigenvalue weighted by Gasteiger charge is 2.20. The Hall–Kier alpha value is -4.98. The van der Waals surface area contributed by atoms with E-state index >= 15 is 0 Å². The van der Waals surface area contributed by atoms with Gasteiger partial charge in [0.05, 0.1) is 47.8 Å². The van der Waals surface area contributed by atoms with Crippen molar-refractivity contribution >= 4 is 63.5 Å². The van der Waals surface area contributed by atoms with Crippen LogP contribution in [0.1, 0.15) is 0 Å². The van der Waals surface area contributed by atoms with Crippen LogP contribution >= 0.6 is 0 Å². The van der Waals surface area contributed by atoms with E-state index in [1.165, 1.54) is 54.6 Å². The first-order valence-electron chi connectivity index (χ1n) is 12.7. The van der Waals surface area contributed by atoms with Gasteiger partial charge in [-0.2, -0.15) is 25.3 Å². The Balaban J connectivity index is 1.42. The lowest BCUT2D eigenvalue weighted by Gasteiger charge is -2.08. The molecule has 0 radical (unpaired) electrons. The maximum Gasteiger partial charge on any atom is 0.294 e. The number of fused-ring (bicyclic) bond motifs is 3. The molecular formula is C27H18N6O9S3. The van der Waals surface area contributed by atoms with Crippen LogP contribution in [0, 0.1) is 0 Å². The monoisotopic (exact) mass is 666 g/mol. The fourth-order valence-corrected chi connectivity index (χ4v) is 6.45. The quantitative estimate of drug-likeness (QED) is 0.138. The third kappa shape index (κ3) is 5.24. The second kappa shape index (κ2) is 9.76. The average Bonchev–Trinajstić information content (AvgIpc) is 3.70. The first-order valence-corrected chi connectivity index (χ1v) is 17.0. The molecular weight excluding hydrogens is 649 g/mol. The Labute approximate surface area is 253 Å². The molecule has 7 rings (SSSR count). The smallest absolute Gasteiger partial charge is 0.294 e. The first-order chi connectivity index (χ1) is 21.1. The van der Waals surface area contributed by atoms with Gasteiger partial charge in [0.25, 0.3) is 30.4 Å². The summed E-state index contributed by atoms with van der Waals surface area (Å²) in [5.74, 6) is 0.927. The molecule has 18 heteroatoms. The van der Waals surface area contributed by atoms with Gasteiger partial charge in [-0.1, -0.05) is 6.07 Å². The van der Waals surface area contributed by atoms with Crippen molar-refractivity contribution in [2.45, 2.75) is 14.7 Å². The number of nitrogens with one attached hydrogen (secondary N) is 3. The van der Waals surface area contributed by atoms with Gasteiger partial charge in [0.1, 0.15) is 17.5 Å². The number of benzene rings is 4. The molecule has 3 aromatic heterocycles. The Bertz CT molecular complexity index is 2690. The molecule has 0 saturated heterocycles. The van der Waals surface area contributed by atoms with E-state index in [9.17, 15) is 38.9 Å². The number of hydrogen-bond donors (Lipinski definition) is 6. The van der Waals surface area contributed by atoms with Crippen molar-refractivity contribution in [3.05, 3.63) is 72.8 Å². The minimum Gasteiger partial charge on any atom is -0.338 e. The van der Waals surface area contributed by atoms with Crippen molar-refractivity contribution in [3.8, 4) is 34.2 Å². The minimum atomic E-state index is -4.49. The summed E-state index contributed by atoms with van der Waals surface area (Å²) in [4.78, 5) is 21.9. The Morgan fingerprint density at radius 3 is 1.24 bits per heavy atom. The van der Waals surface area contributed by atoms with Gasteiger partial charge in [0.2, 0.25) is 0 Å². The summed E-state index contributed by atoms with van der Waals surface area (Å²) in [5.41, 5.74) is 3.66. The lowest BCUT2D eigenvalue weighted by atomic mass is 10.0. The van der Waals surface area contributed by atoms with E-state index in [1.54, 1.807) is 18.2 Å². The number of hydrogen-bond acceptors (Lipinski definition) is 9. The van der Waals surface area contributed by atoms with Gasteiger partial charge in [-0.3, -0.25) is 13.7 Å². The highest BCUT2D eigenvalue weighted by atomic mass is 32.2. The van der Waals surface area contributed by atoms with E-state index < -0.39 is 30.4 Å². The van der Waals surface area contributed by atoms with E-state index in [0.717, 1.165) is 0 Å². The van der Waals surface area contributed by atoms with E-state index in [0.29, 0.717) is 61.4 Å². The summed E-state index contributed by atoms with van der Waals surface area (Å²) in [5, 5.41) is 0. The highest BCUT2D eigenvalue weighted by molar-refractivity contribution is 7.86. The Morgan fingerprint density at radius 2 is 0.822 bits per heavy atom. The van der Waals surface area contributed by atoms with Gasteiger partial charge in [0.15, 0.2) is 0 Å². The molecule has 0 unspecified atom stereocenters. The molecule has 228 valence electrons. The molecule has 4 aromatic carbocycles. The summed E-state index contributed by atoms with van der Waals surface area (Å²) in [6, 6.07) is 16.8. The Morgan fingerprint density at radius 1 is 0.444 bits per heavy atom. The standard InChI is InChI=1S/C27H18N6O9S3/c34-43(35,36)14-2-6-19-22(10-14)31-25(28-19)13-1-5-17(26-29-20-7-3-15(44(37,38)39)11-23(20)32-26)18(9-13)27-30-21-8-4-16(45(40,41)42)12-24(21)33-27/h1-12H,(H,28,31)(H,29,32)(H,30,33)(H,34,35,36)(H,37,38,39)(H,40,41,42). The molecule has 0 atom stereocenters. The molecule has 7 aromatic rings. The summed E-state index contributed by atoms with van der Waals surface area (Å²) in [7, 11) is -13.4. The third-order valence-corrected chi connectivity index (χ3v) is 9.61. The maximum atomic E-state index is 11.7. The van der Waals surface area contributed by atoms with Crippen molar-refractivity contribution < 1.29 is 38.9 Å². The number of H-pyrrole nitrogens is 3. The fourth-order valence-electron chi connectivity index (χ4n) is 4.93. The molecule has 0 saturated carbocycles. The van der Waals surface area contributed by atoms with Gasteiger partial charge in [-0.05, 0) is 66.7 Å². The van der Waals surface area contributed by atoms with Crippen molar-refractivity contribution in [1.29, 1.82) is 0 Å². The number of aromatic amines is 3. The summed E-state index contributed by atoms with van der Waals surface area (Å²) >= 11 is 0. The number of nitrogens with zero attached hydrogens (tertiary/aromatic N) is 3. The SMILES string of the molecule is O=S(=O)(O)c1ccc2nc(-c3ccc(-c4nc5ccc(S(=O)(=O)O)cc5[nH]4)c(-c4nc5ccc(S(=O)(=O)O)cc5[nH]4)c3)[nH]c2c1. The van der Waals surface area contributed by atoms with Crippen LogP contribution < -0.4 is 0 Å². The lowest BCUT2D eigenvalue weighted by Crippen LogP contribution is -1.97. The lowest BCUT2D eigenvalue weighted by molar-refractivity contribution is 0.481. The zero-order valence-corrected chi connectivity index (χ0v) is 24.7. The van der Waals surface area contributed by atoms with Crippen molar-refractivity contribution in [1.82, 2.24) is 29.9 Å². The third-order valence-electron chi connectivity index (χ3n) is 7.06. The second-order valence-corrected chi connectivity index (χ2v) is 14.2. The van der Waals surface area contributed by atoms with Gasteiger partial charge >= 0.3 is 0 Å². The van der Waals surface area contributed by atoms with Crippen molar-refractivity contribution in [2.75, 3.05) is 0 Å². The predicted octanol–water partition coefficient (Wildman–Crippen LogP) is 4.06. The van der Waals surface area contributed by atoms with Gasteiger partial charge in [-0.25, -0.2) is 15.0 Å². The van der Waals surface area contributed by atoms with Crippen molar-refractivity contribution in [3.63, 3.8) is 0 Å². The molecule has 0 spiro atoms. The van der Waals surface area contributed by atoms with Gasteiger partial charge in [0, 0.05) is 16.7 Å². The van der Waals surface area contributed by atoms with Crippen LogP contribution in [0.25, 0.3) is 67.3 Å². The number of aromatic nitrogens is 6. The molecule has 45 heavy (non-hydrogen) atoms. The number of imidazole rings is 3. The van der Waals surface area contributed by atoms with Crippen LogP contribution in [0.15, 0.2) is 87.5 Å². The normalized spacial score (nSPS) is 12.9. The van der Waals surface area contributed by atoms with Gasteiger partial charge < -0.3 is 15.0 Å². The zero-order valence-electron chi connectivity index (χ0n) is 22.3. The summed E-state index contributed by atoms with van der Waals surface area (Å²) in [6.45, 7) is 0. The molecule has 6 N–H and O–H groups in total. The largest absolute Gasteiger partial charge is 0.338 e. The molecule has 0 aliphatic carbocycles. The van der Waals surface area contributed by atoms with Crippen LogP contribution in [-0.2, 0) is 30.4 Å². The topological polar surface area (TPSA) is 249 Å². The van der Waals surface area contributed by atoms with E-state index in [-0.39, 0.29) is 20.5 Å². The van der Waals surface area contributed by atoms with E-state index in [1.807, 2.05) is 0 Å². The van der Waals surface area contributed by atoms with Crippen LogP contribution in [-0.4, -0.2) is 68.8 Å². The number of rotatable bonds is 6. The highest BCUT2D eigenvalue weighted by Crippen LogP contribution is 2.36. The molecule has 0 amide bonds. The van der Waals surface area contributed by atoms with E-state index in [2.05, 4.69) is 29.9 Å². The molecule has 0 aliphatic rings. The van der Waals surface area contributed by atoms with E-state index in [4.69, 9.17) is 0 Å². The maximum absolute atomic E-state index is 11.7. The average molecular weight is 667 g/mol. The molecule has 0 bridgehead atoms. The fraction of sp³-hybridized carbons (Fsp3) is 0. The van der Waals surface area contributed by atoms with Crippen molar-refractivity contribution in [2.24, 2.45) is 0 Å². The summed E-state index contributed by atoms with van der Waals surface area (Å²) < 4.78 is 98.4. The second-order valence-electron chi connectivity index (χ2n) is 9.98. The Kier molecular flexibility index (Phi) is 6.24. The van der Waals surface area contributed by atoms with Crippen LogP contribution in [0.5, 0.6) is 0 Å². The minimum absolute atomic E-state index is 0.276. The molecule has 0 aliphatic heterocycles.